The Morgan fingerprint density at radius 3 is 2.05 bits per heavy atom. The largest absolute Gasteiger partial charge is 0.356 e. The second kappa shape index (κ2) is 15.2. The quantitative estimate of drug-likeness (QED) is 0.242. The Labute approximate surface area is 261 Å². The molecular weight excluding hydrogens is 549 g/mol. The van der Waals surface area contributed by atoms with Gasteiger partial charge in [0.25, 0.3) is 0 Å². The van der Waals surface area contributed by atoms with Crippen LogP contribution in [0.15, 0.2) is 91.0 Å². The van der Waals surface area contributed by atoms with Crippen LogP contribution in [0.5, 0.6) is 0 Å². The van der Waals surface area contributed by atoms with Gasteiger partial charge in [0.1, 0.15) is 12.1 Å². The highest BCUT2D eigenvalue weighted by Gasteiger charge is 2.47. The maximum absolute atomic E-state index is 14.4. The number of nitrogens with one attached hydrogen (secondary N) is 4. The highest BCUT2D eigenvalue weighted by molar-refractivity contribution is 6.07. The van der Waals surface area contributed by atoms with Crippen LogP contribution in [-0.4, -0.2) is 61.3 Å². The minimum atomic E-state index is -0.773. The van der Waals surface area contributed by atoms with Crippen LogP contribution in [0.3, 0.4) is 0 Å². The van der Waals surface area contributed by atoms with Crippen molar-refractivity contribution in [1.29, 1.82) is 0 Å². The van der Waals surface area contributed by atoms with Crippen molar-refractivity contribution in [3.05, 3.63) is 108 Å². The van der Waals surface area contributed by atoms with E-state index in [1.54, 1.807) is 4.90 Å². The molecule has 9 heteroatoms. The molecule has 5 rings (SSSR count). The van der Waals surface area contributed by atoms with Crippen LogP contribution in [0.4, 0.5) is 0 Å². The average Bonchev–Trinajstić information content (AvgIpc) is 3.45. The van der Waals surface area contributed by atoms with E-state index in [4.69, 9.17) is 7.98 Å². The summed E-state index contributed by atoms with van der Waals surface area (Å²) in [5.41, 5.74) is 3.09. The van der Waals surface area contributed by atoms with Gasteiger partial charge in [0, 0.05) is 25.0 Å². The lowest BCUT2D eigenvalue weighted by atomic mass is 9.92. The van der Waals surface area contributed by atoms with Crippen LogP contribution in [0, 0.1) is 5.92 Å². The van der Waals surface area contributed by atoms with Crippen molar-refractivity contribution >= 4 is 25.7 Å². The third-order valence-corrected chi connectivity index (χ3v) is 9.02. The van der Waals surface area contributed by atoms with Crippen LogP contribution in [0.1, 0.15) is 61.8 Å². The predicted molar refractivity (Wildman–Crippen MR) is 172 cm³/mol. The van der Waals surface area contributed by atoms with Gasteiger partial charge in [-0.05, 0) is 48.8 Å². The fourth-order valence-corrected chi connectivity index (χ4v) is 6.61. The van der Waals surface area contributed by atoms with Gasteiger partial charge in [-0.15, -0.1) is 0 Å². The van der Waals surface area contributed by atoms with Crippen LogP contribution in [-0.2, 0) is 20.9 Å². The molecule has 0 spiro atoms. The van der Waals surface area contributed by atoms with E-state index in [0.717, 1.165) is 36.0 Å². The number of benzene rings is 3. The lowest BCUT2D eigenvalue weighted by Crippen LogP contribution is -2.59. The summed E-state index contributed by atoms with van der Waals surface area (Å²) in [6.45, 7) is 3.08. The van der Waals surface area contributed by atoms with E-state index >= 15 is 0 Å². The molecule has 0 unspecified atom stereocenters. The lowest BCUT2D eigenvalue weighted by Gasteiger charge is -2.33. The summed E-state index contributed by atoms with van der Waals surface area (Å²) in [7, 11) is 5.65. The van der Waals surface area contributed by atoms with Crippen molar-refractivity contribution in [3.8, 4) is 0 Å². The molecule has 8 nitrogen and oxygen atoms in total. The Bertz CT molecular complexity index is 1330. The van der Waals surface area contributed by atoms with Gasteiger partial charge in [-0.1, -0.05) is 97.9 Å². The molecule has 2 aliphatic rings. The summed E-state index contributed by atoms with van der Waals surface area (Å²) in [6.07, 6.45) is 3.33. The molecule has 2 radical (unpaired) electrons. The summed E-state index contributed by atoms with van der Waals surface area (Å²) in [5.74, 6) is -0.832. The van der Waals surface area contributed by atoms with Gasteiger partial charge in [0.05, 0.1) is 12.1 Å². The normalized spacial score (nSPS) is 22.2. The fourth-order valence-electron chi connectivity index (χ4n) is 6.61. The highest BCUT2D eigenvalue weighted by atomic mass is 16.2. The topological polar surface area (TPSA) is 103 Å². The van der Waals surface area contributed by atoms with Crippen LogP contribution in [0.2, 0.25) is 0 Å². The molecule has 44 heavy (non-hydrogen) atoms. The van der Waals surface area contributed by atoms with Crippen molar-refractivity contribution in [1.82, 2.24) is 26.1 Å². The zero-order valence-electron chi connectivity index (χ0n) is 25.3. The Morgan fingerprint density at radius 1 is 0.864 bits per heavy atom. The van der Waals surface area contributed by atoms with Gasteiger partial charge in [-0.2, -0.15) is 0 Å². The Hall–Kier alpha value is -3.95. The molecule has 2 saturated heterocycles. The molecule has 0 bridgehead atoms. The molecular formula is C35H42BN5O3. The molecule has 0 saturated carbocycles. The summed E-state index contributed by atoms with van der Waals surface area (Å²) in [4.78, 5) is 43.4. The SMILES string of the molecule is [B]N[C@@H](CC)C(=O)N[C@@H]1C(=O)N2[C@@H](CC[C@@H]1CNCc1ccccc1)CC[C@H]2C(=O)NC(c1ccccc1)c1ccccc1. The van der Waals surface area contributed by atoms with Crippen molar-refractivity contribution in [2.45, 2.75) is 75.8 Å². The maximum atomic E-state index is 14.4. The molecule has 3 amide bonds. The molecule has 228 valence electrons. The zero-order valence-corrected chi connectivity index (χ0v) is 25.3. The molecule has 2 fully saturated rings. The number of amides is 3. The van der Waals surface area contributed by atoms with Crippen molar-refractivity contribution < 1.29 is 14.4 Å². The molecule has 0 aliphatic carbocycles. The van der Waals surface area contributed by atoms with E-state index in [2.05, 4.69) is 33.3 Å². The van der Waals surface area contributed by atoms with Crippen molar-refractivity contribution in [2.24, 2.45) is 5.92 Å². The minimum absolute atomic E-state index is 0.0571. The number of hydrogen-bond donors (Lipinski definition) is 4. The second-order valence-corrected chi connectivity index (χ2v) is 11.8. The summed E-state index contributed by atoms with van der Waals surface area (Å²) in [6, 6.07) is 27.4. The van der Waals surface area contributed by atoms with Gasteiger partial charge >= 0.3 is 0 Å². The Balaban J connectivity index is 1.37. The number of fused-ring (bicyclic) bond motifs is 1. The average molecular weight is 592 g/mol. The lowest BCUT2D eigenvalue weighted by molar-refractivity contribution is -0.143. The molecule has 2 aliphatic heterocycles. The van der Waals surface area contributed by atoms with E-state index < -0.39 is 18.1 Å². The Kier molecular flexibility index (Phi) is 10.9. The summed E-state index contributed by atoms with van der Waals surface area (Å²) < 4.78 is 0. The minimum Gasteiger partial charge on any atom is -0.356 e. The molecule has 0 aromatic heterocycles. The van der Waals surface area contributed by atoms with Crippen LogP contribution < -0.4 is 21.2 Å². The monoisotopic (exact) mass is 591 g/mol. The van der Waals surface area contributed by atoms with Crippen LogP contribution in [0.25, 0.3) is 0 Å². The van der Waals surface area contributed by atoms with Crippen LogP contribution >= 0.6 is 0 Å². The number of carbonyl (C=O) groups is 3. The summed E-state index contributed by atoms with van der Waals surface area (Å²) in [5, 5.41) is 12.4. The van der Waals surface area contributed by atoms with Gasteiger partial charge in [-0.3, -0.25) is 14.4 Å². The van der Waals surface area contributed by atoms with Crippen molar-refractivity contribution in [2.75, 3.05) is 6.54 Å². The number of hydrogen-bond acceptors (Lipinski definition) is 5. The maximum Gasteiger partial charge on any atom is 0.246 e. The summed E-state index contributed by atoms with van der Waals surface area (Å²) >= 11 is 0. The number of carbonyl (C=O) groups excluding carboxylic acids is 3. The molecule has 3 aromatic carbocycles. The highest BCUT2D eigenvalue weighted by Crippen LogP contribution is 2.35. The first-order valence-corrected chi connectivity index (χ1v) is 15.7. The molecule has 3 aromatic rings. The molecule has 4 N–H and O–H groups in total. The van der Waals surface area contributed by atoms with Gasteiger partial charge in [0.2, 0.25) is 17.7 Å². The Morgan fingerprint density at radius 2 is 1.45 bits per heavy atom. The van der Waals surface area contributed by atoms with Gasteiger partial charge < -0.3 is 26.1 Å². The number of nitrogens with zero attached hydrogens (tertiary/aromatic N) is 1. The first-order chi connectivity index (χ1) is 21.5. The van der Waals surface area contributed by atoms with E-state index in [0.29, 0.717) is 25.9 Å². The van der Waals surface area contributed by atoms with Crippen molar-refractivity contribution in [3.63, 3.8) is 0 Å². The fraction of sp³-hybridized carbons (Fsp3) is 0.400. The smallest absolute Gasteiger partial charge is 0.246 e. The standard InChI is InChI=1S/C35H42BN5O3/c1-2-29(40-36)33(42)39-32-27(23-37-22-24-12-6-3-7-13-24)18-19-28-20-21-30(41(28)35(32)44)34(43)38-31(25-14-8-4-9-15-25)26-16-10-5-11-17-26/h3-17,27-32,37,40H,2,18-23H2,1H3,(H,38,43)(H,39,42)/t27-,28+,29+,30+,32+/m1/s1. The van der Waals surface area contributed by atoms with E-state index in [1.807, 2.05) is 85.8 Å². The van der Waals surface area contributed by atoms with E-state index in [9.17, 15) is 14.4 Å². The predicted octanol–water partition coefficient (Wildman–Crippen LogP) is 3.39. The zero-order chi connectivity index (χ0) is 30.9. The van der Waals surface area contributed by atoms with Gasteiger partial charge in [0.15, 0.2) is 7.98 Å². The third kappa shape index (κ3) is 7.40. The molecule has 2 heterocycles. The third-order valence-electron chi connectivity index (χ3n) is 9.02. The van der Waals surface area contributed by atoms with E-state index in [-0.39, 0.29) is 35.7 Å². The van der Waals surface area contributed by atoms with E-state index in [1.165, 1.54) is 0 Å². The first-order valence-electron chi connectivity index (χ1n) is 15.7. The second-order valence-electron chi connectivity index (χ2n) is 11.8. The first kappa shape index (κ1) is 31.5. The molecule has 5 atom stereocenters. The van der Waals surface area contributed by atoms with Gasteiger partial charge in [-0.25, -0.2) is 0 Å². The number of rotatable bonds is 12.